The van der Waals surface area contributed by atoms with Gasteiger partial charge in [-0.05, 0) is 29.5 Å². The normalized spacial score (nSPS) is 15.8. The van der Waals surface area contributed by atoms with E-state index in [2.05, 4.69) is 39.8 Å². The van der Waals surface area contributed by atoms with E-state index in [4.69, 9.17) is 4.74 Å². The van der Waals surface area contributed by atoms with Crippen LogP contribution in [0.1, 0.15) is 29.0 Å². The Labute approximate surface area is 197 Å². The van der Waals surface area contributed by atoms with Crippen LogP contribution in [0.5, 0.6) is 0 Å². The van der Waals surface area contributed by atoms with Crippen LogP contribution in [-0.4, -0.2) is 30.1 Å². The van der Waals surface area contributed by atoms with Crippen LogP contribution >= 0.6 is 11.3 Å². The lowest BCUT2D eigenvalue weighted by Gasteiger charge is -2.31. The summed E-state index contributed by atoms with van der Waals surface area (Å²) in [4.78, 5) is 28.7. The van der Waals surface area contributed by atoms with Crippen molar-refractivity contribution in [2.75, 3.05) is 13.2 Å². The molecule has 0 radical (unpaired) electrons. The van der Waals surface area contributed by atoms with Crippen molar-refractivity contribution in [3.63, 3.8) is 0 Å². The average molecular weight is 462 g/mol. The lowest BCUT2D eigenvalue weighted by molar-refractivity contribution is -0.139. The van der Waals surface area contributed by atoms with Crippen LogP contribution in [0.4, 0.5) is 4.79 Å². The zero-order valence-corrected chi connectivity index (χ0v) is 19.3. The molecule has 2 N–H and O–H groups in total. The summed E-state index contributed by atoms with van der Waals surface area (Å²) in [5, 5.41) is 7.72. The first-order valence-corrected chi connectivity index (χ1v) is 11.8. The van der Waals surface area contributed by atoms with Crippen molar-refractivity contribution in [2.45, 2.75) is 26.1 Å². The van der Waals surface area contributed by atoms with Gasteiger partial charge in [0.2, 0.25) is 0 Å². The summed E-state index contributed by atoms with van der Waals surface area (Å²) < 4.78 is 5.39. The molecule has 2 aromatic carbocycles. The second-order valence-electron chi connectivity index (χ2n) is 7.78. The SMILES string of the molecule is CCOC(=O)C1=C(CN(Cc2ccccc2)Cc2ccccc2)NC(=O)N[C@H]1c1cccs1. The average Bonchev–Trinajstić information content (AvgIpc) is 3.35. The first-order chi connectivity index (χ1) is 16.1. The van der Waals surface area contributed by atoms with Crippen molar-refractivity contribution in [2.24, 2.45) is 0 Å². The fourth-order valence-corrected chi connectivity index (χ4v) is 4.72. The van der Waals surface area contributed by atoms with Crippen molar-refractivity contribution in [1.29, 1.82) is 0 Å². The van der Waals surface area contributed by atoms with Crippen molar-refractivity contribution in [1.82, 2.24) is 15.5 Å². The number of benzene rings is 2. The van der Waals surface area contributed by atoms with Gasteiger partial charge in [0.25, 0.3) is 0 Å². The number of ether oxygens (including phenoxy) is 1. The molecular formula is C26H27N3O3S. The van der Waals surface area contributed by atoms with Gasteiger partial charge in [-0.15, -0.1) is 11.3 Å². The predicted molar refractivity (Wildman–Crippen MR) is 129 cm³/mol. The first-order valence-electron chi connectivity index (χ1n) is 11.0. The number of nitrogens with zero attached hydrogens (tertiary/aromatic N) is 1. The van der Waals surface area contributed by atoms with Gasteiger partial charge in [-0.1, -0.05) is 66.7 Å². The maximum Gasteiger partial charge on any atom is 0.338 e. The third kappa shape index (κ3) is 5.88. The molecule has 1 aromatic heterocycles. The summed E-state index contributed by atoms with van der Waals surface area (Å²) >= 11 is 1.50. The smallest absolute Gasteiger partial charge is 0.338 e. The summed E-state index contributed by atoms with van der Waals surface area (Å²) in [6.07, 6.45) is 0. The minimum Gasteiger partial charge on any atom is -0.463 e. The molecule has 7 heteroatoms. The highest BCUT2D eigenvalue weighted by atomic mass is 32.1. The summed E-state index contributed by atoms with van der Waals surface area (Å²) in [6.45, 7) is 3.78. The topological polar surface area (TPSA) is 70.7 Å². The molecule has 2 amide bonds. The number of hydrogen-bond donors (Lipinski definition) is 2. The highest BCUT2D eigenvalue weighted by Crippen LogP contribution is 2.31. The molecule has 1 aliphatic rings. The van der Waals surface area contributed by atoms with Crippen LogP contribution in [0, 0.1) is 0 Å². The Hall–Kier alpha value is -3.42. The van der Waals surface area contributed by atoms with E-state index in [0.29, 0.717) is 30.9 Å². The number of rotatable bonds is 9. The van der Waals surface area contributed by atoms with E-state index in [1.165, 1.54) is 11.3 Å². The molecule has 0 fully saturated rings. The maximum absolute atomic E-state index is 13.0. The van der Waals surface area contributed by atoms with E-state index < -0.39 is 12.0 Å². The molecule has 4 rings (SSSR count). The van der Waals surface area contributed by atoms with Crippen LogP contribution in [0.15, 0.2) is 89.4 Å². The Morgan fingerprint density at radius 2 is 1.58 bits per heavy atom. The van der Waals surface area contributed by atoms with Crippen LogP contribution in [0.2, 0.25) is 0 Å². The number of carbonyl (C=O) groups excluding carboxylic acids is 2. The Kier molecular flexibility index (Phi) is 7.55. The molecule has 1 atom stereocenters. The first kappa shape index (κ1) is 22.8. The van der Waals surface area contributed by atoms with Gasteiger partial charge in [0.15, 0.2) is 0 Å². The molecule has 0 unspecified atom stereocenters. The van der Waals surface area contributed by atoms with Crippen molar-refractivity contribution in [3.8, 4) is 0 Å². The molecule has 0 saturated carbocycles. The molecule has 3 aromatic rings. The number of hydrogen-bond acceptors (Lipinski definition) is 5. The van der Waals surface area contributed by atoms with Gasteiger partial charge in [0, 0.05) is 30.2 Å². The van der Waals surface area contributed by atoms with Gasteiger partial charge >= 0.3 is 12.0 Å². The Morgan fingerprint density at radius 3 is 2.12 bits per heavy atom. The summed E-state index contributed by atoms with van der Waals surface area (Å²) in [5.74, 6) is -0.419. The Morgan fingerprint density at radius 1 is 0.939 bits per heavy atom. The molecule has 33 heavy (non-hydrogen) atoms. The van der Waals surface area contributed by atoms with Crippen LogP contribution in [0.3, 0.4) is 0 Å². The molecule has 0 saturated heterocycles. The monoisotopic (exact) mass is 461 g/mol. The number of thiophene rings is 1. The largest absolute Gasteiger partial charge is 0.463 e. The molecule has 0 spiro atoms. The zero-order valence-electron chi connectivity index (χ0n) is 18.5. The van der Waals surface area contributed by atoms with Crippen LogP contribution in [-0.2, 0) is 22.6 Å². The minimum absolute atomic E-state index is 0.262. The molecule has 6 nitrogen and oxygen atoms in total. The van der Waals surface area contributed by atoms with Crippen molar-refractivity contribution in [3.05, 3.63) is 105 Å². The number of amides is 2. The predicted octanol–water partition coefficient (Wildman–Crippen LogP) is 4.62. The number of urea groups is 1. The van der Waals surface area contributed by atoms with Gasteiger partial charge in [0.05, 0.1) is 18.2 Å². The van der Waals surface area contributed by atoms with E-state index in [1.807, 2.05) is 53.9 Å². The summed E-state index contributed by atoms with van der Waals surface area (Å²) in [6, 6.07) is 23.3. The second-order valence-corrected chi connectivity index (χ2v) is 8.76. The molecule has 0 aliphatic carbocycles. The highest BCUT2D eigenvalue weighted by Gasteiger charge is 2.34. The molecular weight excluding hydrogens is 434 g/mol. The summed E-state index contributed by atoms with van der Waals surface area (Å²) in [5.41, 5.74) is 3.33. The number of nitrogens with one attached hydrogen (secondary N) is 2. The fraction of sp³-hybridized carbons (Fsp3) is 0.231. The van der Waals surface area contributed by atoms with E-state index in [-0.39, 0.29) is 12.6 Å². The van der Waals surface area contributed by atoms with E-state index in [0.717, 1.165) is 16.0 Å². The number of carbonyl (C=O) groups is 2. The second kappa shape index (κ2) is 10.9. The van der Waals surface area contributed by atoms with Crippen molar-refractivity contribution >= 4 is 23.3 Å². The standard InChI is InChI=1S/C26H27N3O3S/c1-2-32-25(30)23-21(27-26(31)28-24(23)22-14-9-15-33-22)18-29(16-19-10-5-3-6-11-19)17-20-12-7-4-8-13-20/h3-15,24H,2,16-18H2,1H3,(H2,27,28,31)/t24-/m0/s1. The van der Waals surface area contributed by atoms with E-state index in [9.17, 15) is 9.59 Å². The molecule has 0 bridgehead atoms. The van der Waals surface area contributed by atoms with Crippen molar-refractivity contribution < 1.29 is 14.3 Å². The quantitative estimate of drug-likeness (QED) is 0.456. The summed E-state index contributed by atoms with van der Waals surface area (Å²) in [7, 11) is 0. The van der Waals surface area contributed by atoms with E-state index >= 15 is 0 Å². The highest BCUT2D eigenvalue weighted by molar-refractivity contribution is 7.10. The van der Waals surface area contributed by atoms with Crippen LogP contribution < -0.4 is 10.6 Å². The van der Waals surface area contributed by atoms with E-state index in [1.54, 1.807) is 6.92 Å². The van der Waals surface area contributed by atoms with Gasteiger partial charge in [-0.3, -0.25) is 4.90 Å². The van der Waals surface area contributed by atoms with Gasteiger partial charge < -0.3 is 15.4 Å². The zero-order chi connectivity index (χ0) is 23.0. The van der Waals surface area contributed by atoms with Gasteiger partial charge in [0.1, 0.15) is 0 Å². The van der Waals surface area contributed by atoms with Gasteiger partial charge in [-0.25, -0.2) is 9.59 Å². The third-order valence-corrected chi connectivity index (χ3v) is 6.29. The lowest BCUT2D eigenvalue weighted by atomic mass is 10.00. The van der Waals surface area contributed by atoms with Gasteiger partial charge in [-0.2, -0.15) is 0 Å². The lowest BCUT2D eigenvalue weighted by Crippen LogP contribution is -2.48. The third-order valence-electron chi connectivity index (χ3n) is 5.36. The number of esters is 1. The molecule has 2 heterocycles. The Bertz CT molecular complexity index is 1060. The minimum atomic E-state index is -0.539. The molecule has 170 valence electrons. The van der Waals surface area contributed by atoms with Crippen LogP contribution in [0.25, 0.3) is 0 Å². The fourth-order valence-electron chi connectivity index (χ4n) is 3.94. The molecule has 1 aliphatic heterocycles. The maximum atomic E-state index is 13.0. The Balaban J connectivity index is 1.70.